The molecular weight excluding hydrogens is 447 g/mol. The molecule has 4 aromatic rings. The molecule has 2 aromatic carbocycles. The summed E-state index contributed by atoms with van der Waals surface area (Å²) in [5.74, 6) is 0.256. The Morgan fingerprint density at radius 2 is 2.06 bits per heavy atom. The highest BCUT2D eigenvalue weighted by Crippen LogP contribution is 2.29. The Hall–Kier alpha value is -4.73. The van der Waals surface area contributed by atoms with E-state index in [0.717, 1.165) is 27.9 Å². The van der Waals surface area contributed by atoms with E-state index in [9.17, 15) is 9.18 Å². The quantitative estimate of drug-likeness (QED) is 0.225. The van der Waals surface area contributed by atoms with E-state index in [1.54, 1.807) is 23.1 Å². The zero-order valence-electron chi connectivity index (χ0n) is 18.8. The van der Waals surface area contributed by atoms with E-state index in [4.69, 9.17) is 11.1 Å². The van der Waals surface area contributed by atoms with Crippen molar-refractivity contribution in [1.29, 1.82) is 0 Å². The van der Waals surface area contributed by atoms with Crippen LogP contribution in [0.5, 0.6) is 0 Å². The minimum Gasteiger partial charge on any atom is -0.398 e. The van der Waals surface area contributed by atoms with Gasteiger partial charge in [0.15, 0.2) is 6.21 Å². The number of urea groups is 1. The molecule has 3 heterocycles. The molecule has 0 fully saturated rings. The molecule has 1 aliphatic heterocycles. The number of hydrogen-bond donors (Lipinski definition) is 5. The minimum atomic E-state index is -0.394. The molecule has 0 unspecified atom stereocenters. The van der Waals surface area contributed by atoms with Crippen molar-refractivity contribution in [1.82, 2.24) is 19.9 Å². The summed E-state index contributed by atoms with van der Waals surface area (Å²) >= 11 is 0. The number of nitrogens with one attached hydrogen (secondary N) is 3. The summed E-state index contributed by atoms with van der Waals surface area (Å²) in [6.07, 6.45) is 5.62. The van der Waals surface area contributed by atoms with Gasteiger partial charge in [0.05, 0.1) is 10.9 Å². The van der Waals surface area contributed by atoms with Crippen LogP contribution in [0.15, 0.2) is 60.9 Å². The van der Waals surface area contributed by atoms with Crippen molar-refractivity contribution in [3.8, 4) is 0 Å². The van der Waals surface area contributed by atoms with Gasteiger partial charge in [-0.25, -0.2) is 19.2 Å². The first-order chi connectivity index (χ1) is 17.0. The third kappa shape index (κ3) is 4.67. The van der Waals surface area contributed by atoms with E-state index in [1.807, 2.05) is 24.3 Å². The molecule has 176 valence electrons. The molecule has 7 N–H and O–H groups in total. The number of H-pyrrole nitrogens is 1. The fourth-order valence-corrected chi connectivity index (χ4v) is 4.01. The number of rotatable bonds is 5. The molecule has 9 nitrogen and oxygen atoms in total. The van der Waals surface area contributed by atoms with Gasteiger partial charge >= 0.3 is 6.03 Å². The van der Waals surface area contributed by atoms with E-state index in [0.29, 0.717) is 42.4 Å². The van der Waals surface area contributed by atoms with Crippen molar-refractivity contribution >= 4 is 51.7 Å². The molecule has 0 bridgehead atoms. The number of halogens is 1. The Kier molecular flexibility index (Phi) is 5.84. The Bertz CT molecular complexity index is 1460. The molecule has 0 radical (unpaired) electrons. The number of carbonyl (C=O) groups is 1. The lowest BCUT2D eigenvalue weighted by Crippen LogP contribution is -2.37. The van der Waals surface area contributed by atoms with Crippen LogP contribution in [0.2, 0.25) is 0 Å². The van der Waals surface area contributed by atoms with Gasteiger partial charge < -0.3 is 26.3 Å². The molecule has 35 heavy (non-hydrogen) atoms. The number of nitrogens with zero attached hydrogens (tertiary/aromatic N) is 3. The molecular formula is C25H24FN8O+. The summed E-state index contributed by atoms with van der Waals surface area (Å²) in [6.45, 7) is 0.968. The molecule has 2 aromatic heterocycles. The van der Waals surface area contributed by atoms with Crippen molar-refractivity contribution in [2.75, 3.05) is 29.5 Å². The summed E-state index contributed by atoms with van der Waals surface area (Å²) in [6, 6.07) is 13.1. The molecule has 0 spiro atoms. The normalized spacial score (nSPS) is 13.4. The van der Waals surface area contributed by atoms with E-state index in [1.165, 1.54) is 24.7 Å². The van der Waals surface area contributed by atoms with Crippen molar-refractivity contribution in [2.24, 2.45) is 0 Å². The lowest BCUT2D eigenvalue weighted by Gasteiger charge is -2.26. The van der Waals surface area contributed by atoms with Crippen LogP contribution in [-0.4, -0.2) is 45.2 Å². The third-order valence-corrected chi connectivity index (χ3v) is 5.87. The Balaban J connectivity index is 1.32. The Labute approximate surface area is 200 Å². The maximum Gasteiger partial charge on any atom is 0.322 e. The van der Waals surface area contributed by atoms with Crippen LogP contribution < -0.4 is 21.8 Å². The lowest BCUT2D eigenvalue weighted by atomic mass is 10.1. The fraction of sp³-hybridized carbons (Fsp3) is 0.120. The van der Waals surface area contributed by atoms with Crippen LogP contribution >= 0.6 is 0 Å². The average Bonchev–Trinajstić information content (AvgIpc) is 3.31. The standard InChI is InChI=1S/C25H23FN8O/c26-17-2-1-3-18(11-17)32-25(35)34-8-6-15(7-9-34)22-12-20-23(29-14-30-24(20)33-22)31-19-4-5-21(28)16(10-19)13-27/h1-6,10-14,27H,7-9,28H2,(H,32,35)(H2,29,30,31,33)/p+1. The average molecular weight is 472 g/mol. The number of nitrogen functional groups attached to an aromatic ring is 1. The van der Waals surface area contributed by atoms with E-state index < -0.39 is 5.82 Å². The molecule has 0 atom stereocenters. The minimum absolute atomic E-state index is 0.266. The van der Waals surface area contributed by atoms with Crippen molar-refractivity contribution in [2.45, 2.75) is 6.42 Å². The van der Waals surface area contributed by atoms with Gasteiger partial charge in [-0.3, -0.25) is 5.41 Å². The maximum absolute atomic E-state index is 13.4. The zero-order chi connectivity index (χ0) is 24.4. The molecule has 5 rings (SSSR count). The van der Waals surface area contributed by atoms with Gasteiger partial charge in [-0.2, -0.15) is 0 Å². The summed E-state index contributed by atoms with van der Waals surface area (Å²) in [5, 5.41) is 12.5. The number of nitrogens with two attached hydrogens (primary N) is 2. The van der Waals surface area contributed by atoms with Gasteiger partial charge in [-0.05, 0) is 54.5 Å². The second-order valence-corrected chi connectivity index (χ2v) is 8.17. The van der Waals surface area contributed by atoms with Crippen LogP contribution in [-0.2, 0) is 0 Å². The first kappa shape index (κ1) is 22.1. The van der Waals surface area contributed by atoms with E-state index >= 15 is 0 Å². The van der Waals surface area contributed by atoms with Crippen molar-refractivity contribution in [3.63, 3.8) is 0 Å². The highest BCUT2D eigenvalue weighted by molar-refractivity contribution is 5.94. The SMILES string of the molecule is Nc1ccc(Nc2ncnc3[nH]c(C4=CCN(C(=O)Nc5cccc(F)c5)CC4)cc23)cc1C=[NH2+]. The first-order valence-corrected chi connectivity index (χ1v) is 11.1. The summed E-state index contributed by atoms with van der Waals surface area (Å²) in [4.78, 5) is 26.3. The number of aromatic amines is 1. The summed E-state index contributed by atoms with van der Waals surface area (Å²) in [7, 11) is 0. The summed E-state index contributed by atoms with van der Waals surface area (Å²) in [5.41, 5.74) is 11.2. The van der Waals surface area contributed by atoms with Gasteiger partial charge in [0, 0.05) is 35.8 Å². The molecule has 2 amide bonds. The van der Waals surface area contributed by atoms with Crippen LogP contribution in [0.3, 0.4) is 0 Å². The predicted molar refractivity (Wildman–Crippen MR) is 135 cm³/mol. The highest BCUT2D eigenvalue weighted by Gasteiger charge is 2.20. The second kappa shape index (κ2) is 9.26. The number of benzene rings is 2. The van der Waals surface area contributed by atoms with Crippen LogP contribution in [0, 0.1) is 5.82 Å². The number of hydrogen-bond acceptors (Lipinski definition) is 5. The monoisotopic (exact) mass is 471 g/mol. The van der Waals surface area contributed by atoms with Gasteiger partial charge in [0.1, 0.15) is 23.6 Å². The lowest BCUT2D eigenvalue weighted by molar-refractivity contribution is -0.104. The molecule has 1 aliphatic rings. The number of fused-ring (bicyclic) bond motifs is 1. The molecule has 0 saturated heterocycles. The molecule has 10 heteroatoms. The summed E-state index contributed by atoms with van der Waals surface area (Å²) < 4.78 is 13.4. The number of amides is 2. The van der Waals surface area contributed by atoms with E-state index in [-0.39, 0.29) is 6.03 Å². The molecule has 0 aliphatic carbocycles. The number of aromatic nitrogens is 3. The van der Waals surface area contributed by atoms with Crippen LogP contribution in [0.4, 0.5) is 32.1 Å². The first-order valence-electron chi connectivity index (χ1n) is 11.1. The van der Waals surface area contributed by atoms with Gasteiger partial charge in [-0.15, -0.1) is 0 Å². The van der Waals surface area contributed by atoms with Gasteiger partial charge in [0.25, 0.3) is 0 Å². The van der Waals surface area contributed by atoms with E-state index in [2.05, 4.69) is 25.6 Å². The topological polar surface area (TPSA) is 138 Å². The number of carbonyl (C=O) groups excluding carboxylic acids is 1. The Morgan fingerprint density at radius 1 is 1.17 bits per heavy atom. The zero-order valence-corrected chi connectivity index (χ0v) is 18.8. The van der Waals surface area contributed by atoms with Crippen LogP contribution in [0.25, 0.3) is 16.6 Å². The highest BCUT2D eigenvalue weighted by atomic mass is 19.1. The number of anilines is 4. The second-order valence-electron chi connectivity index (χ2n) is 8.17. The predicted octanol–water partition coefficient (Wildman–Crippen LogP) is 2.92. The largest absolute Gasteiger partial charge is 0.398 e. The van der Waals surface area contributed by atoms with Gasteiger partial charge in [0.2, 0.25) is 0 Å². The smallest absolute Gasteiger partial charge is 0.322 e. The van der Waals surface area contributed by atoms with Crippen molar-refractivity contribution < 1.29 is 14.6 Å². The van der Waals surface area contributed by atoms with Crippen LogP contribution in [0.1, 0.15) is 17.7 Å². The fourth-order valence-electron chi connectivity index (χ4n) is 4.01. The molecule has 0 saturated carbocycles. The Morgan fingerprint density at radius 3 is 2.83 bits per heavy atom. The van der Waals surface area contributed by atoms with Gasteiger partial charge in [-0.1, -0.05) is 12.1 Å². The van der Waals surface area contributed by atoms with Crippen molar-refractivity contribution in [3.05, 3.63) is 78.0 Å². The third-order valence-electron chi connectivity index (χ3n) is 5.87. The maximum atomic E-state index is 13.4.